The SMILES string of the molecule is CC(C)(C#N)C(O)c1ccccc1C(F)(F)F. The van der Waals surface area contributed by atoms with Gasteiger partial charge in [-0.15, -0.1) is 0 Å². The van der Waals surface area contributed by atoms with Gasteiger partial charge in [-0.05, 0) is 25.5 Å². The molecule has 0 saturated heterocycles. The van der Waals surface area contributed by atoms with Crippen LogP contribution in [0, 0.1) is 16.7 Å². The second kappa shape index (κ2) is 4.38. The van der Waals surface area contributed by atoms with Gasteiger partial charge in [-0.2, -0.15) is 18.4 Å². The first kappa shape index (κ1) is 13.5. The molecule has 0 amide bonds. The number of aliphatic hydroxyl groups is 1. The van der Waals surface area contributed by atoms with E-state index in [0.29, 0.717) is 0 Å². The first-order valence-electron chi connectivity index (χ1n) is 4.95. The Hall–Kier alpha value is -1.54. The van der Waals surface area contributed by atoms with Gasteiger partial charge in [0.25, 0.3) is 0 Å². The standard InChI is InChI=1S/C12H12F3NO/c1-11(2,7-16)10(17)8-5-3-4-6-9(8)12(13,14)15/h3-6,10,17H,1-2H3. The van der Waals surface area contributed by atoms with Gasteiger partial charge in [0.2, 0.25) is 0 Å². The number of rotatable bonds is 2. The molecular formula is C12H12F3NO. The van der Waals surface area contributed by atoms with Gasteiger partial charge in [0.1, 0.15) is 0 Å². The van der Waals surface area contributed by atoms with Crippen molar-refractivity contribution in [3.8, 4) is 6.07 Å². The average Bonchev–Trinajstić information content (AvgIpc) is 2.27. The number of hydrogen-bond acceptors (Lipinski definition) is 2. The van der Waals surface area contributed by atoms with Crippen LogP contribution in [-0.4, -0.2) is 5.11 Å². The summed E-state index contributed by atoms with van der Waals surface area (Å²) < 4.78 is 38.1. The second-order valence-electron chi connectivity index (χ2n) is 4.32. The molecule has 0 aliphatic rings. The molecule has 0 saturated carbocycles. The predicted molar refractivity (Wildman–Crippen MR) is 55.8 cm³/mol. The summed E-state index contributed by atoms with van der Waals surface area (Å²) in [7, 11) is 0. The molecule has 92 valence electrons. The lowest BCUT2D eigenvalue weighted by Crippen LogP contribution is -2.23. The fraction of sp³-hybridized carbons (Fsp3) is 0.417. The highest BCUT2D eigenvalue weighted by molar-refractivity contribution is 5.33. The summed E-state index contributed by atoms with van der Waals surface area (Å²) in [6.07, 6.45) is -6.02. The van der Waals surface area contributed by atoms with Crippen molar-refractivity contribution in [2.75, 3.05) is 0 Å². The molecule has 0 radical (unpaired) electrons. The van der Waals surface area contributed by atoms with E-state index in [1.807, 2.05) is 0 Å². The van der Waals surface area contributed by atoms with E-state index in [4.69, 9.17) is 5.26 Å². The van der Waals surface area contributed by atoms with Crippen molar-refractivity contribution in [3.05, 3.63) is 35.4 Å². The van der Waals surface area contributed by atoms with Crippen LogP contribution in [0.3, 0.4) is 0 Å². The van der Waals surface area contributed by atoms with E-state index in [1.165, 1.54) is 32.0 Å². The van der Waals surface area contributed by atoms with Gasteiger partial charge < -0.3 is 5.11 Å². The van der Waals surface area contributed by atoms with Crippen LogP contribution >= 0.6 is 0 Å². The van der Waals surface area contributed by atoms with Crippen molar-refractivity contribution in [2.45, 2.75) is 26.1 Å². The van der Waals surface area contributed by atoms with Crippen molar-refractivity contribution in [3.63, 3.8) is 0 Å². The van der Waals surface area contributed by atoms with Gasteiger partial charge in [0.15, 0.2) is 0 Å². The number of hydrogen-bond donors (Lipinski definition) is 1. The van der Waals surface area contributed by atoms with Crippen LogP contribution in [0.4, 0.5) is 13.2 Å². The number of nitrogens with zero attached hydrogens (tertiary/aromatic N) is 1. The predicted octanol–water partition coefficient (Wildman–Crippen LogP) is 3.29. The fourth-order valence-corrected chi connectivity index (χ4v) is 1.44. The van der Waals surface area contributed by atoms with Crippen LogP contribution in [0.15, 0.2) is 24.3 Å². The Morgan fingerprint density at radius 2 is 1.76 bits per heavy atom. The Labute approximate surface area is 97.3 Å². The number of nitriles is 1. The zero-order valence-corrected chi connectivity index (χ0v) is 9.42. The third-order valence-electron chi connectivity index (χ3n) is 2.53. The van der Waals surface area contributed by atoms with E-state index in [9.17, 15) is 18.3 Å². The van der Waals surface area contributed by atoms with Crippen LogP contribution < -0.4 is 0 Å². The highest BCUT2D eigenvalue weighted by atomic mass is 19.4. The van der Waals surface area contributed by atoms with Crippen molar-refractivity contribution in [1.29, 1.82) is 5.26 Å². The van der Waals surface area contributed by atoms with Crippen LogP contribution in [0.5, 0.6) is 0 Å². The zero-order valence-electron chi connectivity index (χ0n) is 9.42. The van der Waals surface area contributed by atoms with Gasteiger partial charge in [-0.3, -0.25) is 0 Å². The molecule has 1 rings (SSSR count). The van der Waals surface area contributed by atoms with Gasteiger partial charge in [-0.1, -0.05) is 18.2 Å². The molecule has 2 nitrogen and oxygen atoms in total. The first-order valence-corrected chi connectivity index (χ1v) is 4.95. The van der Waals surface area contributed by atoms with Crippen LogP contribution in [0.1, 0.15) is 31.1 Å². The van der Waals surface area contributed by atoms with Crippen LogP contribution in [0.25, 0.3) is 0 Å². The summed E-state index contributed by atoms with van der Waals surface area (Å²) in [6.45, 7) is 2.79. The monoisotopic (exact) mass is 243 g/mol. The summed E-state index contributed by atoms with van der Waals surface area (Å²) in [5.41, 5.74) is -2.45. The van der Waals surface area contributed by atoms with Crippen molar-refractivity contribution >= 4 is 0 Å². The van der Waals surface area contributed by atoms with Gasteiger partial charge in [-0.25, -0.2) is 0 Å². The third kappa shape index (κ3) is 2.77. The fourth-order valence-electron chi connectivity index (χ4n) is 1.44. The van der Waals surface area contributed by atoms with Crippen molar-refractivity contribution in [1.82, 2.24) is 0 Å². The van der Waals surface area contributed by atoms with Crippen molar-refractivity contribution in [2.24, 2.45) is 5.41 Å². The molecular weight excluding hydrogens is 231 g/mol. The maximum Gasteiger partial charge on any atom is 0.416 e. The summed E-state index contributed by atoms with van der Waals surface area (Å²) in [4.78, 5) is 0. The molecule has 0 heterocycles. The Kier molecular flexibility index (Phi) is 3.48. The molecule has 0 spiro atoms. The molecule has 1 aromatic carbocycles. The van der Waals surface area contributed by atoms with E-state index in [1.54, 1.807) is 6.07 Å². The maximum absolute atomic E-state index is 12.7. The minimum Gasteiger partial charge on any atom is -0.387 e. The Morgan fingerprint density at radius 3 is 2.24 bits per heavy atom. The average molecular weight is 243 g/mol. The molecule has 0 bridgehead atoms. The first-order chi connectivity index (χ1) is 7.70. The third-order valence-corrected chi connectivity index (χ3v) is 2.53. The maximum atomic E-state index is 12.7. The topological polar surface area (TPSA) is 44.0 Å². The molecule has 1 atom stereocenters. The van der Waals surface area contributed by atoms with E-state index in [2.05, 4.69) is 0 Å². The summed E-state index contributed by atoms with van der Waals surface area (Å²) >= 11 is 0. The van der Waals surface area contributed by atoms with E-state index in [0.717, 1.165) is 6.07 Å². The van der Waals surface area contributed by atoms with Crippen LogP contribution in [-0.2, 0) is 6.18 Å². The Bertz CT molecular complexity index is 446. The lowest BCUT2D eigenvalue weighted by Gasteiger charge is -2.25. The highest BCUT2D eigenvalue weighted by Gasteiger charge is 2.38. The quantitative estimate of drug-likeness (QED) is 0.866. The number of aliphatic hydroxyl groups excluding tert-OH is 1. The minimum atomic E-state index is -4.54. The summed E-state index contributed by atoms with van der Waals surface area (Å²) in [6, 6.07) is 6.54. The second-order valence-corrected chi connectivity index (χ2v) is 4.32. The van der Waals surface area contributed by atoms with Gasteiger partial charge >= 0.3 is 6.18 Å². The molecule has 1 aromatic rings. The zero-order chi connectivity index (χ0) is 13.3. The molecule has 0 aliphatic carbocycles. The lowest BCUT2D eigenvalue weighted by molar-refractivity contribution is -0.139. The Balaban J connectivity index is 3.30. The smallest absolute Gasteiger partial charge is 0.387 e. The molecule has 0 fully saturated rings. The number of benzene rings is 1. The lowest BCUT2D eigenvalue weighted by atomic mass is 9.82. The molecule has 1 N–H and O–H groups in total. The molecule has 0 aliphatic heterocycles. The molecule has 17 heavy (non-hydrogen) atoms. The van der Waals surface area contributed by atoms with Gasteiger partial charge in [0.05, 0.1) is 23.2 Å². The molecule has 0 aromatic heterocycles. The van der Waals surface area contributed by atoms with E-state index >= 15 is 0 Å². The normalized spacial score (nSPS) is 14.2. The van der Waals surface area contributed by atoms with Crippen LogP contribution in [0.2, 0.25) is 0 Å². The highest BCUT2D eigenvalue weighted by Crippen LogP contribution is 2.40. The van der Waals surface area contributed by atoms with E-state index in [-0.39, 0.29) is 5.56 Å². The van der Waals surface area contributed by atoms with Crippen molar-refractivity contribution < 1.29 is 18.3 Å². The summed E-state index contributed by atoms with van der Waals surface area (Å²) in [5.74, 6) is 0. The van der Waals surface area contributed by atoms with E-state index < -0.39 is 23.3 Å². The Morgan fingerprint density at radius 1 is 1.24 bits per heavy atom. The molecule has 5 heteroatoms. The van der Waals surface area contributed by atoms with Gasteiger partial charge in [0, 0.05) is 0 Å². The minimum absolute atomic E-state index is 0.272. The summed E-state index contributed by atoms with van der Waals surface area (Å²) in [5, 5.41) is 18.7. The number of halogens is 3. The largest absolute Gasteiger partial charge is 0.416 e. The number of alkyl halides is 3. The molecule has 1 unspecified atom stereocenters.